The van der Waals surface area contributed by atoms with Gasteiger partial charge in [-0.3, -0.25) is 9.59 Å². The second-order valence-corrected chi connectivity index (χ2v) is 5.35. The predicted octanol–water partition coefficient (Wildman–Crippen LogP) is 2.18. The molecule has 0 aromatic carbocycles. The molecule has 98 valence electrons. The fourth-order valence-corrected chi connectivity index (χ4v) is 2.41. The number of aliphatic carboxylic acids is 1. The molecule has 1 aliphatic rings. The lowest BCUT2D eigenvalue weighted by atomic mass is 9.94. The van der Waals surface area contributed by atoms with Gasteiger partial charge in [0.15, 0.2) is 0 Å². The van der Waals surface area contributed by atoms with Crippen LogP contribution < -0.4 is 5.32 Å². The van der Waals surface area contributed by atoms with Crippen molar-refractivity contribution in [3.63, 3.8) is 0 Å². The first-order chi connectivity index (χ1) is 8.00. The molecular formula is C13H23NO3. The second-order valence-electron chi connectivity index (χ2n) is 5.35. The summed E-state index contributed by atoms with van der Waals surface area (Å²) >= 11 is 0. The van der Waals surface area contributed by atoms with Crippen LogP contribution in [0.15, 0.2) is 0 Å². The van der Waals surface area contributed by atoms with E-state index in [1.165, 1.54) is 0 Å². The molecule has 0 aliphatic heterocycles. The van der Waals surface area contributed by atoms with Crippen LogP contribution in [0.3, 0.4) is 0 Å². The quantitative estimate of drug-likeness (QED) is 0.741. The Morgan fingerprint density at radius 1 is 1.24 bits per heavy atom. The van der Waals surface area contributed by atoms with Crippen molar-refractivity contribution in [2.75, 3.05) is 0 Å². The Labute approximate surface area is 103 Å². The molecule has 0 aromatic heterocycles. The largest absolute Gasteiger partial charge is 0.481 e. The molecule has 0 unspecified atom stereocenters. The SMILES string of the molecule is CC(C)CC(=O)N[C@H]1CCCCC[C@H]1C(=O)O. The third-order valence-corrected chi connectivity index (χ3v) is 3.27. The summed E-state index contributed by atoms with van der Waals surface area (Å²) in [4.78, 5) is 22.9. The third-order valence-electron chi connectivity index (χ3n) is 3.27. The highest BCUT2D eigenvalue weighted by molar-refractivity contribution is 5.78. The molecule has 1 fully saturated rings. The van der Waals surface area contributed by atoms with Gasteiger partial charge in [-0.05, 0) is 18.8 Å². The minimum absolute atomic E-state index is 0.0156. The van der Waals surface area contributed by atoms with Crippen molar-refractivity contribution in [3.8, 4) is 0 Å². The van der Waals surface area contributed by atoms with Gasteiger partial charge in [-0.15, -0.1) is 0 Å². The molecule has 1 rings (SSSR count). The van der Waals surface area contributed by atoms with Crippen molar-refractivity contribution in [2.24, 2.45) is 11.8 Å². The number of carboxylic acids is 1. The summed E-state index contributed by atoms with van der Waals surface area (Å²) in [7, 11) is 0. The molecule has 0 radical (unpaired) electrons. The van der Waals surface area contributed by atoms with Crippen LogP contribution in [-0.4, -0.2) is 23.0 Å². The molecule has 0 heterocycles. The topological polar surface area (TPSA) is 66.4 Å². The molecule has 1 saturated carbocycles. The Balaban J connectivity index is 2.57. The van der Waals surface area contributed by atoms with E-state index in [-0.39, 0.29) is 11.9 Å². The summed E-state index contributed by atoms with van der Waals surface area (Å²) < 4.78 is 0. The summed E-state index contributed by atoms with van der Waals surface area (Å²) in [5.41, 5.74) is 0. The number of amides is 1. The summed E-state index contributed by atoms with van der Waals surface area (Å²) in [6.45, 7) is 3.97. The first-order valence-electron chi connectivity index (χ1n) is 6.53. The smallest absolute Gasteiger partial charge is 0.308 e. The van der Waals surface area contributed by atoms with Crippen molar-refractivity contribution in [3.05, 3.63) is 0 Å². The Morgan fingerprint density at radius 3 is 2.47 bits per heavy atom. The van der Waals surface area contributed by atoms with Gasteiger partial charge in [0.25, 0.3) is 0 Å². The van der Waals surface area contributed by atoms with Gasteiger partial charge >= 0.3 is 5.97 Å². The minimum atomic E-state index is -0.776. The molecule has 1 amide bonds. The third kappa shape index (κ3) is 4.75. The molecule has 4 nitrogen and oxygen atoms in total. The zero-order chi connectivity index (χ0) is 12.8. The van der Waals surface area contributed by atoms with Gasteiger partial charge in [-0.2, -0.15) is 0 Å². The Bertz CT molecular complexity index is 276. The summed E-state index contributed by atoms with van der Waals surface area (Å²) in [6, 6.07) is -0.179. The van der Waals surface area contributed by atoms with E-state index in [4.69, 9.17) is 0 Å². The van der Waals surface area contributed by atoms with Gasteiger partial charge in [0.2, 0.25) is 5.91 Å². The number of carboxylic acid groups (broad SMARTS) is 1. The van der Waals surface area contributed by atoms with E-state index in [2.05, 4.69) is 5.32 Å². The molecule has 2 atom stereocenters. The van der Waals surface area contributed by atoms with Gasteiger partial charge in [0, 0.05) is 12.5 Å². The van der Waals surface area contributed by atoms with Gasteiger partial charge < -0.3 is 10.4 Å². The molecular weight excluding hydrogens is 218 g/mol. The maximum atomic E-state index is 11.7. The highest BCUT2D eigenvalue weighted by Crippen LogP contribution is 2.24. The Kier molecular flexibility index (Phi) is 5.45. The summed E-state index contributed by atoms with van der Waals surface area (Å²) in [6.07, 6.45) is 4.98. The first-order valence-corrected chi connectivity index (χ1v) is 6.53. The Morgan fingerprint density at radius 2 is 1.88 bits per heavy atom. The van der Waals surface area contributed by atoms with E-state index < -0.39 is 11.9 Å². The fourth-order valence-electron chi connectivity index (χ4n) is 2.41. The van der Waals surface area contributed by atoms with Gasteiger partial charge in [-0.1, -0.05) is 33.1 Å². The van der Waals surface area contributed by atoms with Crippen LogP contribution in [0.5, 0.6) is 0 Å². The summed E-state index contributed by atoms with van der Waals surface area (Å²) in [5, 5.41) is 12.1. The molecule has 0 aromatic rings. The lowest BCUT2D eigenvalue weighted by Crippen LogP contribution is -2.43. The van der Waals surface area contributed by atoms with Gasteiger partial charge in [0.05, 0.1) is 5.92 Å². The standard InChI is InChI=1S/C13H23NO3/c1-9(2)8-12(15)14-11-7-5-3-4-6-10(11)13(16)17/h9-11H,3-8H2,1-2H3,(H,14,15)(H,16,17)/t10-,11+/m1/s1. The number of carbonyl (C=O) groups is 2. The highest BCUT2D eigenvalue weighted by atomic mass is 16.4. The van der Waals surface area contributed by atoms with Crippen molar-refractivity contribution < 1.29 is 14.7 Å². The zero-order valence-corrected chi connectivity index (χ0v) is 10.7. The second kappa shape index (κ2) is 6.62. The highest BCUT2D eigenvalue weighted by Gasteiger charge is 2.30. The van der Waals surface area contributed by atoms with Crippen molar-refractivity contribution >= 4 is 11.9 Å². The predicted molar refractivity (Wildman–Crippen MR) is 65.6 cm³/mol. The number of hydrogen-bond donors (Lipinski definition) is 2. The van der Waals surface area contributed by atoms with E-state index in [1.807, 2.05) is 13.8 Å². The normalized spacial score (nSPS) is 25.4. The van der Waals surface area contributed by atoms with Crippen LogP contribution in [0.25, 0.3) is 0 Å². The monoisotopic (exact) mass is 241 g/mol. The van der Waals surface area contributed by atoms with E-state index in [9.17, 15) is 14.7 Å². The lowest BCUT2D eigenvalue weighted by molar-refractivity contribution is -0.143. The van der Waals surface area contributed by atoms with E-state index in [1.54, 1.807) is 0 Å². The number of rotatable bonds is 4. The molecule has 0 saturated heterocycles. The average Bonchev–Trinajstić information content (AvgIpc) is 2.41. The van der Waals surface area contributed by atoms with Crippen LogP contribution in [0.4, 0.5) is 0 Å². The number of nitrogens with one attached hydrogen (secondary N) is 1. The average molecular weight is 241 g/mol. The van der Waals surface area contributed by atoms with E-state index in [0.29, 0.717) is 18.8 Å². The number of carbonyl (C=O) groups excluding carboxylic acids is 1. The molecule has 17 heavy (non-hydrogen) atoms. The maximum Gasteiger partial charge on any atom is 0.308 e. The van der Waals surface area contributed by atoms with Crippen molar-refractivity contribution in [2.45, 2.75) is 58.4 Å². The first kappa shape index (κ1) is 14.0. The van der Waals surface area contributed by atoms with Crippen LogP contribution >= 0.6 is 0 Å². The zero-order valence-electron chi connectivity index (χ0n) is 10.7. The molecule has 0 bridgehead atoms. The lowest BCUT2D eigenvalue weighted by Gasteiger charge is -2.23. The van der Waals surface area contributed by atoms with Crippen LogP contribution in [0.2, 0.25) is 0 Å². The van der Waals surface area contributed by atoms with Gasteiger partial charge in [0.1, 0.15) is 0 Å². The number of hydrogen-bond acceptors (Lipinski definition) is 2. The fraction of sp³-hybridized carbons (Fsp3) is 0.846. The maximum absolute atomic E-state index is 11.7. The van der Waals surface area contributed by atoms with Crippen LogP contribution in [0, 0.1) is 11.8 Å². The summed E-state index contributed by atoms with van der Waals surface area (Å²) in [5.74, 6) is -0.891. The van der Waals surface area contributed by atoms with Gasteiger partial charge in [-0.25, -0.2) is 0 Å². The van der Waals surface area contributed by atoms with E-state index in [0.717, 1.165) is 25.7 Å². The molecule has 1 aliphatic carbocycles. The van der Waals surface area contributed by atoms with Crippen molar-refractivity contribution in [1.82, 2.24) is 5.32 Å². The molecule has 2 N–H and O–H groups in total. The van der Waals surface area contributed by atoms with E-state index >= 15 is 0 Å². The minimum Gasteiger partial charge on any atom is -0.481 e. The Hall–Kier alpha value is -1.06. The van der Waals surface area contributed by atoms with Crippen molar-refractivity contribution in [1.29, 1.82) is 0 Å². The van der Waals surface area contributed by atoms with Crippen LogP contribution in [-0.2, 0) is 9.59 Å². The van der Waals surface area contributed by atoms with Crippen LogP contribution in [0.1, 0.15) is 52.4 Å². The molecule has 4 heteroatoms. The molecule has 0 spiro atoms.